The number of rotatable bonds is 5. The predicted molar refractivity (Wildman–Crippen MR) is 85.6 cm³/mol. The van der Waals surface area contributed by atoms with E-state index in [0.717, 1.165) is 16.7 Å². The molecule has 0 aliphatic heterocycles. The van der Waals surface area contributed by atoms with Crippen LogP contribution in [-0.2, 0) is 0 Å². The zero-order chi connectivity index (χ0) is 14.7. The van der Waals surface area contributed by atoms with Gasteiger partial charge in [-0.25, -0.2) is 0 Å². The second-order valence-electron chi connectivity index (χ2n) is 5.25. The Balaban J connectivity index is 1.94. The molecule has 1 aliphatic rings. The second kappa shape index (κ2) is 6.71. The molecule has 112 valence electrons. The Morgan fingerprint density at radius 2 is 2.19 bits per heavy atom. The van der Waals surface area contributed by atoms with E-state index in [0.29, 0.717) is 16.8 Å². The fourth-order valence-corrected chi connectivity index (χ4v) is 3.68. The van der Waals surface area contributed by atoms with Gasteiger partial charge in [-0.3, -0.25) is 4.57 Å². The Morgan fingerprint density at radius 3 is 2.86 bits per heavy atom. The van der Waals surface area contributed by atoms with Crippen molar-refractivity contribution >= 4 is 23.4 Å². The van der Waals surface area contributed by atoms with E-state index in [1.807, 2.05) is 12.1 Å². The van der Waals surface area contributed by atoms with Crippen molar-refractivity contribution in [1.29, 1.82) is 0 Å². The lowest BCUT2D eigenvalue weighted by Crippen LogP contribution is -2.15. The van der Waals surface area contributed by atoms with Gasteiger partial charge in [0.25, 0.3) is 0 Å². The van der Waals surface area contributed by atoms with E-state index in [1.54, 1.807) is 18.0 Å². The first-order valence-corrected chi connectivity index (χ1v) is 8.57. The van der Waals surface area contributed by atoms with Gasteiger partial charge in [0.15, 0.2) is 10.9 Å². The Hall–Kier alpha value is -1.20. The normalized spacial score (nSPS) is 16.2. The molecule has 0 spiro atoms. The van der Waals surface area contributed by atoms with Crippen LogP contribution in [0.2, 0.25) is 0 Å². The molecule has 1 aliphatic carbocycles. The van der Waals surface area contributed by atoms with E-state index in [-0.39, 0.29) is 0 Å². The molecule has 2 aromatic rings. The Bertz CT molecular complexity index is 602. The average molecular weight is 324 g/mol. The number of thioether (sulfide) groups is 1. The summed E-state index contributed by atoms with van der Waals surface area (Å²) in [5, 5.41) is 10.2. The van der Waals surface area contributed by atoms with E-state index in [2.05, 4.69) is 21.3 Å². The summed E-state index contributed by atoms with van der Waals surface area (Å²) in [6.45, 7) is 3.74. The SMILES string of the molecule is C=C(Cl)CSc1nnc(-c2ccco2)n1C1CCCCC1. The number of hydrogen-bond donors (Lipinski definition) is 0. The molecular formula is C15H18ClN3OS. The summed E-state index contributed by atoms with van der Waals surface area (Å²) in [7, 11) is 0. The molecule has 1 saturated carbocycles. The highest BCUT2D eigenvalue weighted by Gasteiger charge is 2.24. The van der Waals surface area contributed by atoms with Gasteiger partial charge in [-0.1, -0.05) is 49.2 Å². The van der Waals surface area contributed by atoms with Crippen molar-refractivity contribution < 1.29 is 4.42 Å². The van der Waals surface area contributed by atoms with Gasteiger partial charge in [0.1, 0.15) is 0 Å². The van der Waals surface area contributed by atoms with Gasteiger partial charge in [0.05, 0.1) is 6.26 Å². The zero-order valence-electron chi connectivity index (χ0n) is 11.8. The van der Waals surface area contributed by atoms with Crippen LogP contribution in [-0.4, -0.2) is 20.5 Å². The first-order chi connectivity index (χ1) is 10.3. The molecule has 0 bridgehead atoms. The van der Waals surface area contributed by atoms with Crippen LogP contribution in [0.1, 0.15) is 38.1 Å². The standard InChI is InChI=1S/C15H18ClN3OS/c1-11(16)10-21-15-18-17-14(13-8-5-9-20-13)19(15)12-6-3-2-4-7-12/h5,8-9,12H,1-4,6-7,10H2. The molecule has 2 aromatic heterocycles. The van der Waals surface area contributed by atoms with E-state index in [1.165, 1.54) is 32.1 Å². The molecule has 0 saturated heterocycles. The number of furan rings is 1. The minimum absolute atomic E-state index is 0.444. The molecule has 0 N–H and O–H groups in total. The molecular weight excluding hydrogens is 306 g/mol. The second-order valence-corrected chi connectivity index (χ2v) is 6.73. The van der Waals surface area contributed by atoms with Gasteiger partial charge < -0.3 is 4.42 Å². The first kappa shape index (κ1) is 14.7. The lowest BCUT2D eigenvalue weighted by atomic mass is 9.95. The lowest BCUT2D eigenvalue weighted by molar-refractivity contribution is 0.337. The van der Waals surface area contributed by atoms with Crippen molar-refractivity contribution in [2.24, 2.45) is 0 Å². The Labute approximate surface area is 133 Å². The molecule has 0 aromatic carbocycles. The van der Waals surface area contributed by atoms with Crippen LogP contribution in [0.4, 0.5) is 0 Å². The highest BCUT2D eigenvalue weighted by atomic mass is 35.5. The van der Waals surface area contributed by atoms with Crippen molar-refractivity contribution in [2.75, 3.05) is 5.75 Å². The summed E-state index contributed by atoms with van der Waals surface area (Å²) in [4.78, 5) is 0. The highest BCUT2D eigenvalue weighted by molar-refractivity contribution is 7.99. The minimum Gasteiger partial charge on any atom is -0.461 e. The molecule has 0 atom stereocenters. The van der Waals surface area contributed by atoms with Crippen molar-refractivity contribution in [3.8, 4) is 11.6 Å². The van der Waals surface area contributed by atoms with Crippen LogP contribution < -0.4 is 0 Å². The number of halogens is 1. The third-order valence-electron chi connectivity index (χ3n) is 3.70. The fourth-order valence-electron chi connectivity index (χ4n) is 2.76. The van der Waals surface area contributed by atoms with Crippen LogP contribution in [0.25, 0.3) is 11.6 Å². The van der Waals surface area contributed by atoms with Crippen molar-refractivity contribution in [1.82, 2.24) is 14.8 Å². The summed E-state index contributed by atoms with van der Waals surface area (Å²) in [5.74, 6) is 2.23. The van der Waals surface area contributed by atoms with E-state index in [4.69, 9.17) is 16.0 Å². The van der Waals surface area contributed by atoms with Crippen LogP contribution in [0.5, 0.6) is 0 Å². The highest BCUT2D eigenvalue weighted by Crippen LogP contribution is 2.36. The maximum Gasteiger partial charge on any atom is 0.200 e. The van der Waals surface area contributed by atoms with Crippen molar-refractivity contribution in [3.05, 3.63) is 30.0 Å². The Morgan fingerprint density at radius 1 is 1.38 bits per heavy atom. The van der Waals surface area contributed by atoms with E-state index < -0.39 is 0 Å². The van der Waals surface area contributed by atoms with Gasteiger partial charge in [0.2, 0.25) is 5.82 Å². The quantitative estimate of drug-likeness (QED) is 0.735. The molecule has 4 nitrogen and oxygen atoms in total. The lowest BCUT2D eigenvalue weighted by Gasteiger charge is -2.25. The van der Waals surface area contributed by atoms with Crippen LogP contribution in [0, 0.1) is 0 Å². The molecule has 6 heteroatoms. The molecule has 1 fully saturated rings. The molecule has 0 radical (unpaired) electrons. The van der Waals surface area contributed by atoms with Gasteiger partial charge in [-0.05, 0) is 25.0 Å². The van der Waals surface area contributed by atoms with Crippen LogP contribution in [0.3, 0.4) is 0 Å². The number of nitrogens with zero attached hydrogens (tertiary/aromatic N) is 3. The molecule has 2 heterocycles. The van der Waals surface area contributed by atoms with Gasteiger partial charge in [-0.2, -0.15) is 0 Å². The van der Waals surface area contributed by atoms with Gasteiger partial charge in [0, 0.05) is 16.8 Å². The number of aromatic nitrogens is 3. The minimum atomic E-state index is 0.444. The third kappa shape index (κ3) is 3.35. The van der Waals surface area contributed by atoms with E-state index in [9.17, 15) is 0 Å². The van der Waals surface area contributed by atoms with Crippen molar-refractivity contribution in [2.45, 2.75) is 43.3 Å². The predicted octanol–water partition coefficient (Wildman–Crippen LogP) is 4.89. The van der Waals surface area contributed by atoms with Gasteiger partial charge >= 0.3 is 0 Å². The third-order valence-corrected chi connectivity index (χ3v) is 5.03. The fraction of sp³-hybridized carbons (Fsp3) is 0.467. The maximum absolute atomic E-state index is 5.88. The maximum atomic E-state index is 5.88. The topological polar surface area (TPSA) is 43.9 Å². The first-order valence-electron chi connectivity index (χ1n) is 7.20. The van der Waals surface area contributed by atoms with E-state index >= 15 is 0 Å². The summed E-state index contributed by atoms with van der Waals surface area (Å²) >= 11 is 7.46. The largest absolute Gasteiger partial charge is 0.461 e. The number of hydrogen-bond acceptors (Lipinski definition) is 4. The van der Waals surface area contributed by atoms with Crippen LogP contribution >= 0.6 is 23.4 Å². The monoisotopic (exact) mass is 323 g/mol. The average Bonchev–Trinajstić information content (AvgIpc) is 3.15. The summed E-state index contributed by atoms with van der Waals surface area (Å²) in [6, 6.07) is 4.25. The van der Waals surface area contributed by atoms with Gasteiger partial charge in [-0.15, -0.1) is 10.2 Å². The summed E-state index contributed by atoms with van der Waals surface area (Å²) < 4.78 is 7.74. The smallest absolute Gasteiger partial charge is 0.200 e. The molecule has 0 unspecified atom stereocenters. The molecule has 3 rings (SSSR count). The summed E-state index contributed by atoms with van der Waals surface area (Å²) in [5.41, 5.74) is 0. The van der Waals surface area contributed by atoms with Crippen molar-refractivity contribution in [3.63, 3.8) is 0 Å². The van der Waals surface area contributed by atoms with Crippen LogP contribution in [0.15, 0.2) is 39.6 Å². The molecule has 21 heavy (non-hydrogen) atoms. The summed E-state index contributed by atoms with van der Waals surface area (Å²) in [6.07, 6.45) is 7.83. The zero-order valence-corrected chi connectivity index (χ0v) is 13.4. The molecule has 0 amide bonds. The Kier molecular flexibility index (Phi) is 4.70.